The van der Waals surface area contributed by atoms with Gasteiger partial charge < -0.3 is 5.32 Å². The molecule has 3 aliphatic rings. The van der Waals surface area contributed by atoms with E-state index in [1.165, 1.54) is 12.1 Å². The quantitative estimate of drug-likeness (QED) is 0.784. The van der Waals surface area contributed by atoms with Crippen LogP contribution in [0.1, 0.15) is 24.0 Å². The van der Waals surface area contributed by atoms with Crippen LogP contribution in [0.4, 0.5) is 8.78 Å². The number of rotatable bonds is 5. The van der Waals surface area contributed by atoms with Gasteiger partial charge in [0.1, 0.15) is 11.6 Å². The molecule has 3 fully saturated rings. The lowest BCUT2D eigenvalue weighted by Crippen LogP contribution is -2.67. The minimum absolute atomic E-state index is 0.122. The SMILES string of the molecule is CS(=O)(=O)N[C@H]1C2CC(C2)N[C@H]1Cc1cccc(-c2cc(F)cc(C#N)c2)c1F. The van der Waals surface area contributed by atoms with Gasteiger partial charge in [0.25, 0.3) is 0 Å². The molecular formula is C21H21F2N3O2S. The fourth-order valence-electron chi connectivity index (χ4n) is 4.44. The van der Waals surface area contributed by atoms with Crippen molar-refractivity contribution in [2.45, 2.75) is 37.4 Å². The first kappa shape index (κ1) is 20.0. The van der Waals surface area contributed by atoms with Crippen molar-refractivity contribution in [3.8, 4) is 17.2 Å². The summed E-state index contributed by atoms with van der Waals surface area (Å²) in [5.74, 6) is -0.843. The largest absolute Gasteiger partial charge is 0.309 e. The molecule has 2 aromatic rings. The Morgan fingerprint density at radius 3 is 2.69 bits per heavy atom. The third kappa shape index (κ3) is 4.17. The van der Waals surface area contributed by atoms with E-state index in [0.717, 1.165) is 25.2 Å². The molecule has 5 nitrogen and oxygen atoms in total. The highest BCUT2D eigenvalue weighted by Gasteiger charge is 2.46. The Hall–Kier alpha value is -2.34. The number of nitrogens with one attached hydrogen (secondary N) is 2. The average Bonchev–Trinajstić information content (AvgIpc) is 2.61. The molecule has 2 aromatic carbocycles. The normalized spacial score (nSPS) is 25.9. The third-order valence-corrected chi connectivity index (χ3v) is 6.47. The molecule has 0 amide bonds. The monoisotopic (exact) mass is 417 g/mol. The van der Waals surface area contributed by atoms with Gasteiger partial charge in [-0.05, 0) is 54.5 Å². The molecule has 0 aromatic heterocycles. The predicted octanol–water partition coefficient (Wildman–Crippen LogP) is 2.71. The Bertz CT molecular complexity index is 1090. The Morgan fingerprint density at radius 1 is 1.24 bits per heavy atom. The third-order valence-electron chi connectivity index (χ3n) is 5.77. The number of piperidine rings is 2. The minimum atomic E-state index is -3.39. The highest BCUT2D eigenvalue weighted by atomic mass is 32.2. The summed E-state index contributed by atoms with van der Waals surface area (Å²) >= 11 is 0. The van der Waals surface area contributed by atoms with Crippen molar-refractivity contribution in [2.24, 2.45) is 5.92 Å². The van der Waals surface area contributed by atoms with E-state index in [-0.39, 0.29) is 29.1 Å². The molecule has 2 heterocycles. The molecular weight excluding hydrogens is 396 g/mol. The van der Waals surface area contributed by atoms with Gasteiger partial charge in [-0.3, -0.25) is 0 Å². The minimum Gasteiger partial charge on any atom is -0.309 e. The molecule has 152 valence electrons. The molecule has 8 heteroatoms. The lowest BCUT2D eigenvalue weighted by Gasteiger charge is -2.52. The lowest BCUT2D eigenvalue weighted by molar-refractivity contribution is 0.0809. The Morgan fingerprint density at radius 2 is 2.00 bits per heavy atom. The smallest absolute Gasteiger partial charge is 0.209 e. The van der Waals surface area contributed by atoms with Gasteiger partial charge in [0.05, 0.1) is 17.9 Å². The summed E-state index contributed by atoms with van der Waals surface area (Å²) in [6.45, 7) is 0. The summed E-state index contributed by atoms with van der Waals surface area (Å²) in [4.78, 5) is 0. The standard InChI is InChI=1S/C21H21F2N3O2S/c1-29(27,28)26-21-15-8-17(9-15)25-19(21)10-13-3-2-4-18(20(13)23)14-5-12(11-24)6-16(22)7-14/h2-7,15,17,19,21,25-26H,8-10H2,1H3/t15?,17?,19-,21-/m0/s1. The molecule has 5 rings (SSSR count). The van der Waals surface area contributed by atoms with Crippen LogP contribution in [0.25, 0.3) is 11.1 Å². The first-order valence-electron chi connectivity index (χ1n) is 9.45. The van der Waals surface area contributed by atoms with Crippen molar-refractivity contribution in [2.75, 3.05) is 6.26 Å². The van der Waals surface area contributed by atoms with Gasteiger partial charge in [-0.1, -0.05) is 18.2 Å². The van der Waals surface area contributed by atoms with E-state index in [9.17, 15) is 12.8 Å². The van der Waals surface area contributed by atoms with Gasteiger partial charge in [0.15, 0.2) is 0 Å². The van der Waals surface area contributed by atoms with E-state index >= 15 is 4.39 Å². The number of sulfonamides is 1. The molecule has 2 saturated heterocycles. The fraction of sp³-hybridized carbons (Fsp3) is 0.381. The van der Waals surface area contributed by atoms with E-state index in [1.54, 1.807) is 18.2 Å². The van der Waals surface area contributed by atoms with Crippen molar-refractivity contribution >= 4 is 10.0 Å². The second kappa shape index (κ2) is 7.48. The van der Waals surface area contributed by atoms with E-state index in [1.807, 2.05) is 6.07 Å². The number of hydrogen-bond acceptors (Lipinski definition) is 4. The zero-order valence-corrected chi connectivity index (χ0v) is 16.6. The van der Waals surface area contributed by atoms with Crippen molar-refractivity contribution < 1.29 is 17.2 Å². The number of fused-ring (bicyclic) bond motifs is 2. The van der Waals surface area contributed by atoms with E-state index < -0.39 is 21.7 Å². The zero-order chi connectivity index (χ0) is 20.8. The van der Waals surface area contributed by atoms with E-state index in [2.05, 4.69) is 10.0 Å². The Kier molecular flexibility index (Phi) is 5.15. The van der Waals surface area contributed by atoms with Crippen molar-refractivity contribution in [3.63, 3.8) is 0 Å². The number of nitrogens with zero attached hydrogens (tertiary/aromatic N) is 1. The molecule has 1 aliphatic carbocycles. The van der Waals surface area contributed by atoms with Gasteiger partial charge in [-0.15, -0.1) is 0 Å². The van der Waals surface area contributed by atoms with Crippen molar-refractivity contribution in [1.82, 2.24) is 10.0 Å². The second-order valence-corrected chi connectivity index (χ2v) is 9.72. The molecule has 2 N–H and O–H groups in total. The predicted molar refractivity (Wildman–Crippen MR) is 105 cm³/mol. The first-order chi connectivity index (χ1) is 13.7. The number of hydrogen-bond donors (Lipinski definition) is 2. The average molecular weight is 417 g/mol. The molecule has 29 heavy (non-hydrogen) atoms. The topological polar surface area (TPSA) is 82.0 Å². The molecule has 0 spiro atoms. The van der Waals surface area contributed by atoms with Crippen LogP contribution in [0.5, 0.6) is 0 Å². The summed E-state index contributed by atoms with van der Waals surface area (Å²) in [7, 11) is -3.39. The van der Waals surface area contributed by atoms with Crippen LogP contribution >= 0.6 is 0 Å². The molecule has 2 aliphatic heterocycles. The van der Waals surface area contributed by atoms with Crippen LogP contribution in [-0.2, 0) is 16.4 Å². The molecule has 0 unspecified atom stereocenters. The summed E-state index contributed by atoms with van der Waals surface area (Å²) in [5, 5.41) is 12.5. The summed E-state index contributed by atoms with van der Waals surface area (Å²) in [5.41, 5.74) is 1.05. The Labute approximate surface area is 168 Å². The van der Waals surface area contributed by atoms with E-state index in [4.69, 9.17) is 5.26 Å². The second-order valence-electron chi connectivity index (χ2n) is 7.94. The van der Waals surface area contributed by atoms with Gasteiger partial charge in [0.2, 0.25) is 10.0 Å². The number of nitriles is 1. The highest BCUT2D eigenvalue weighted by molar-refractivity contribution is 7.88. The Balaban J connectivity index is 1.64. The van der Waals surface area contributed by atoms with Crippen LogP contribution in [0.3, 0.4) is 0 Å². The van der Waals surface area contributed by atoms with Crippen LogP contribution in [0, 0.1) is 28.9 Å². The van der Waals surface area contributed by atoms with Crippen molar-refractivity contribution in [1.29, 1.82) is 5.26 Å². The lowest BCUT2D eigenvalue weighted by atomic mass is 9.68. The van der Waals surface area contributed by atoms with E-state index in [0.29, 0.717) is 23.6 Å². The summed E-state index contributed by atoms with van der Waals surface area (Å²) < 4.78 is 55.4. The maximum atomic E-state index is 15.3. The number of halogens is 2. The van der Waals surface area contributed by atoms with Crippen LogP contribution in [-0.4, -0.2) is 32.8 Å². The summed E-state index contributed by atoms with van der Waals surface area (Å²) in [6.07, 6.45) is 3.26. The van der Waals surface area contributed by atoms with Crippen molar-refractivity contribution in [3.05, 3.63) is 59.2 Å². The maximum absolute atomic E-state index is 15.3. The molecule has 1 saturated carbocycles. The molecule has 0 radical (unpaired) electrons. The molecule has 2 atom stereocenters. The van der Waals surface area contributed by atoms with Crippen LogP contribution < -0.4 is 10.0 Å². The number of benzene rings is 2. The highest BCUT2D eigenvalue weighted by Crippen LogP contribution is 2.38. The van der Waals surface area contributed by atoms with Gasteiger partial charge >= 0.3 is 0 Å². The van der Waals surface area contributed by atoms with Crippen LogP contribution in [0.15, 0.2) is 36.4 Å². The summed E-state index contributed by atoms with van der Waals surface area (Å²) in [6, 6.07) is 10.3. The van der Waals surface area contributed by atoms with Crippen LogP contribution in [0.2, 0.25) is 0 Å². The van der Waals surface area contributed by atoms with Gasteiger partial charge in [0, 0.05) is 23.7 Å². The van der Waals surface area contributed by atoms with Gasteiger partial charge in [-0.2, -0.15) is 5.26 Å². The maximum Gasteiger partial charge on any atom is 0.209 e. The molecule has 2 bridgehead atoms. The fourth-order valence-corrected chi connectivity index (χ4v) is 5.30. The first-order valence-corrected chi connectivity index (χ1v) is 11.3. The zero-order valence-electron chi connectivity index (χ0n) is 15.8. The van der Waals surface area contributed by atoms with Gasteiger partial charge in [-0.25, -0.2) is 21.9 Å².